The number of hydrogen-bond acceptors (Lipinski definition) is 7. The third-order valence-corrected chi connectivity index (χ3v) is 8.22. The van der Waals surface area contributed by atoms with Crippen LogP contribution in [0.15, 0.2) is 53.6 Å². The van der Waals surface area contributed by atoms with Gasteiger partial charge in [-0.05, 0) is 79.6 Å². The number of hydroxylamine groups is 1. The Labute approximate surface area is 225 Å². The van der Waals surface area contributed by atoms with Gasteiger partial charge in [0.1, 0.15) is 17.4 Å². The summed E-state index contributed by atoms with van der Waals surface area (Å²) >= 11 is 1.39. The molecular formula is C28H33F2N3O4S. The minimum atomic E-state index is -0.824. The zero-order valence-corrected chi connectivity index (χ0v) is 22.1. The first-order valence-corrected chi connectivity index (χ1v) is 13.7. The van der Waals surface area contributed by atoms with Crippen LogP contribution in [-0.2, 0) is 4.79 Å². The number of aliphatic carboxylic acids is 1. The van der Waals surface area contributed by atoms with Gasteiger partial charge in [-0.1, -0.05) is 0 Å². The van der Waals surface area contributed by atoms with Crippen molar-refractivity contribution in [1.29, 1.82) is 0 Å². The van der Waals surface area contributed by atoms with Crippen LogP contribution < -0.4 is 10.2 Å². The van der Waals surface area contributed by atoms with E-state index in [9.17, 15) is 23.9 Å². The summed E-state index contributed by atoms with van der Waals surface area (Å²) in [6.07, 6.45) is 4.04. The van der Waals surface area contributed by atoms with Gasteiger partial charge in [-0.3, -0.25) is 9.78 Å². The summed E-state index contributed by atoms with van der Waals surface area (Å²) < 4.78 is 32.3. The predicted octanol–water partition coefficient (Wildman–Crippen LogP) is 5.53. The Kier molecular flexibility index (Phi) is 9.90. The Morgan fingerprint density at radius 1 is 1.21 bits per heavy atom. The van der Waals surface area contributed by atoms with Crippen molar-refractivity contribution in [2.45, 2.75) is 36.6 Å². The van der Waals surface area contributed by atoms with Crippen LogP contribution in [0, 0.1) is 23.5 Å². The van der Waals surface area contributed by atoms with E-state index in [1.54, 1.807) is 13.3 Å². The second kappa shape index (κ2) is 13.3. The average molecular weight is 546 g/mol. The fourth-order valence-corrected chi connectivity index (χ4v) is 6.32. The Morgan fingerprint density at radius 2 is 2.00 bits per heavy atom. The van der Waals surface area contributed by atoms with Crippen molar-refractivity contribution in [1.82, 2.24) is 15.4 Å². The maximum absolute atomic E-state index is 13.5. The van der Waals surface area contributed by atoms with E-state index in [4.69, 9.17) is 4.74 Å². The van der Waals surface area contributed by atoms with Gasteiger partial charge in [0.15, 0.2) is 0 Å². The van der Waals surface area contributed by atoms with Gasteiger partial charge in [-0.25, -0.2) is 8.78 Å². The number of halogens is 2. The van der Waals surface area contributed by atoms with Crippen molar-refractivity contribution in [3.05, 3.63) is 65.9 Å². The highest BCUT2D eigenvalue weighted by Gasteiger charge is 2.31. The van der Waals surface area contributed by atoms with E-state index in [2.05, 4.69) is 15.4 Å². The van der Waals surface area contributed by atoms with Gasteiger partial charge in [-0.15, -0.1) is 11.8 Å². The van der Waals surface area contributed by atoms with E-state index in [1.807, 2.05) is 24.3 Å². The lowest BCUT2D eigenvalue weighted by Gasteiger charge is -2.38. The van der Waals surface area contributed by atoms with E-state index >= 15 is 0 Å². The van der Waals surface area contributed by atoms with E-state index in [1.165, 1.54) is 23.9 Å². The molecule has 2 aromatic carbocycles. The van der Waals surface area contributed by atoms with Crippen molar-refractivity contribution >= 4 is 28.6 Å². The summed E-state index contributed by atoms with van der Waals surface area (Å²) in [4.78, 5) is 18.8. The van der Waals surface area contributed by atoms with E-state index in [-0.39, 0.29) is 24.3 Å². The molecule has 1 aromatic heterocycles. The molecule has 7 nitrogen and oxygen atoms in total. The molecule has 3 aromatic rings. The predicted molar refractivity (Wildman–Crippen MR) is 143 cm³/mol. The van der Waals surface area contributed by atoms with Crippen LogP contribution in [0.3, 0.4) is 0 Å². The number of hydrogen-bond donors (Lipinski definition) is 3. The highest BCUT2D eigenvalue weighted by Crippen LogP contribution is 2.35. The molecule has 38 heavy (non-hydrogen) atoms. The number of rotatable bonds is 12. The molecule has 0 amide bonds. The Balaban J connectivity index is 1.37. The first-order valence-electron chi connectivity index (χ1n) is 12.7. The molecule has 0 saturated carbocycles. The average Bonchev–Trinajstić information content (AvgIpc) is 2.89. The number of fused-ring (bicyclic) bond motifs is 1. The second-order valence-corrected chi connectivity index (χ2v) is 10.9. The van der Waals surface area contributed by atoms with Crippen LogP contribution >= 0.6 is 11.8 Å². The van der Waals surface area contributed by atoms with Gasteiger partial charge in [0.2, 0.25) is 0 Å². The van der Waals surface area contributed by atoms with Crippen LogP contribution in [0.4, 0.5) is 8.78 Å². The summed E-state index contributed by atoms with van der Waals surface area (Å²) in [5.74, 6) is -0.470. The Bertz CT molecular complexity index is 1230. The molecule has 1 fully saturated rings. The van der Waals surface area contributed by atoms with Crippen LogP contribution in [0.1, 0.15) is 37.3 Å². The number of carbonyl (C=O) groups is 1. The van der Waals surface area contributed by atoms with Crippen molar-refractivity contribution in [3.8, 4) is 5.75 Å². The highest BCUT2D eigenvalue weighted by molar-refractivity contribution is 7.99. The quantitative estimate of drug-likeness (QED) is 0.202. The Hall–Kier alpha value is -2.79. The minimum Gasteiger partial charge on any atom is -0.497 e. The molecule has 2 heterocycles. The fraction of sp³-hybridized carbons (Fsp3) is 0.429. The van der Waals surface area contributed by atoms with Gasteiger partial charge >= 0.3 is 5.97 Å². The SMILES string of the molecule is COc1ccc2nccc([C@H](CC[C@@H]3CCN(CCSc4cc(F)cc(F)c4)C[C@@H]3CC(=O)O)NO)c2c1. The summed E-state index contributed by atoms with van der Waals surface area (Å²) in [6.45, 7) is 2.18. The zero-order chi connectivity index (χ0) is 27.1. The molecule has 3 atom stereocenters. The largest absolute Gasteiger partial charge is 0.497 e. The number of nitrogens with zero attached hydrogens (tertiary/aromatic N) is 2. The number of thioether (sulfide) groups is 1. The maximum Gasteiger partial charge on any atom is 0.303 e. The fourth-order valence-electron chi connectivity index (χ4n) is 5.35. The normalized spacial score (nSPS) is 18.9. The third kappa shape index (κ3) is 7.41. The molecule has 204 valence electrons. The molecule has 1 aliphatic rings. The van der Waals surface area contributed by atoms with Gasteiger partial charge in [0, 0.05) is 47.8 Å². The van der Waals surface area contributed by atoms with Crippen LogP contribution in [0.5, 0.6) is 5.75 Å². The number of methoxy groups -OCH3 is 1. The number of pyridine rings is 1. The van der Waals surface area contributed by atoms with Gasteiger partial charge in [0.05, 0.1) is 18.7 Å². The summed E-state index contributed by atoms with van der Waals surface area (Å²) in [5, 5.41) is 20.5. The zero-order valence-electron chi connectivity index (χ0n) is 21.3. The lowest BCUT2D eigenvalue weighted by atomic mass is 9.79. The van der Waals surface area contributed by atoms with Crippen LogP contribution in [0.25, 0.3) is 10.9 Å². The summed E-state index contributed by atoms with van der Waals surface area (Å²) in [6, 6.07) is 10.7. The highest BCUT2D eigenvalue weighted by atomic mass is 32.2. The summed E-state index contributed by atoms with van der Waals surface area (Å²) in [7, 11) is 1.61. The lowest BCUT2D eigenvalue weighted by molar-refractivity contribution is -0.139. The van der Waals surface area contributed by atoms with Gasteiger partial charge in [-0.2, -0.15) is 5.48 Å². The van der Waals surface area contributed by atoms with Crippen molar-refractivity contribution in [2.24, 2.45) is 11.8 Å². The van der Waals surface area contributed by atoms with Crippen LogP contribution in [0.2, 0.25) is 0 Å². The maximum atomic E-state index is 13.5. The number of carboxylic acids is 1. The number of aromatic nitrogens is 1. The molecular weight excluding hydrogens is 512 g/mol. The number of benzene rings is 2. The first kappa shape index (κ1) is 28.2. The first-order chi connectivity index (χ1) is 18.4. The monoisotopic (exact) mass is 545 g/mol. The minimum absolute atomic E-state index is 0.0218. The standard InChI is InChI=1S/C28H33F2N3O4S/c1-37-22-3-5-26-25(16-22)24(6-8-31-26)27(32-36)4-2-18-7-9-33(17-19(18)12-28(34)35)10-11-38-23-14-20(29)13-21(30)15-23/h3,5-6,8,13-16,18-19,27,32,36H,2,4,7,9-12,17H2,1H3,(H,34,35)/t18-,19+,27+/m1/s1. The van der Waals surface area contributed by atoms with E-state index in [0.29, 0.717) is 35.9 Å². The topological polar surface area (TPSA) is 94.9 Å². The second-order valence-electron chi connectivity index (χ2n) is 9.70. The smallest absolute Gasteiger partial charge is 0.303 e. The molecule has 1 aliphatic heterocycles. The molecule has 0 aliphatic carbocycles. The molecule has 3 N–H and O–H groups in total. The van der Waals surface area contributed by atoms with Crippen LogP contribution in [-0.4, -0.2) is 58.7 Å². The van der Waals surface area contributed by atoms with Crippen molar-refractivity contribution in [2.75, 3.05) is 32.5 Å². The molecule has 4 rings (SSSR count). The molecule has 0 bridgehead atoms. The molecule has 0 radical (unpaired) electrons. The van der Waals surface area contributed by atoms with Gasteiger partial charge in [0.25, 0.3) is 0 Å². The molecule has 10 heteroatoms. The van der Waals surface area contributed by atoms with E-state index in [0.717, 1.165) is 41.9 Å². The van der Waals surface area contributed by atoms with Crippen molar-refractivity contribution in [3.63, 3.8) is 0 Å². The van der Waals surface area contributed by atoms with Gasteiger partial charge < -0.3 is 20.0 Å². The molecule has 0 spiro atoms. The lowest BCUT2D eigenvalue weighted by Crippen LogP contribution is -2.42. The van der Waals surface area contributed by atoms with Crippen molar-refractivity contribution < 1.29 is 28.6 Å². The summed E-state index contributed by atoms with van der Waals surface area (Å²) in [5.41, 5.74) is 4.17. The Morgan fingerprint density at radius 3 is 2.71 bits per heavy atom. The number of piperidine rings is 1. The molecule has 1 saturated heterocycles. The number of ether oxygens (including phenoxy) is 1. The van der Waals surface area contributed by atoms with E-state index < -0.39 is 17.6 Å². The molecule has 0 unspecified atom stereocenters. The third-order valence-electron chi connectivity index (χ3n) is 7.26. The number of carboxylic acid groups (broad SMARTS) is 1. The number of likely N-dealkylation sites (tertiary alicyclic amines) is 1. The number of nitrogens with one attached hydrogen (secondary N) is 1.